The van der Waals surface area contributed by atoms with Gasteiger partial charge < -0.3 is 10.0 Å². The number of aliphatic hydroxyl groups excluding tert-OH is 1. The molecule has 0 amide bonds. The maximum Gasteiger partial charge on any atom is 0.0938 e. The Balaban J connectivity index is 2.06. The van der Waals surface area contributed by atoms with Crippen molar-refractivity contribution in [2.75, 3.05) is 19.6 Å². The molecule has 2 nitrogen and oxygen atoms in total. The average molecular weight is 114 g/mol. The van der Waals surface area contributed by atoms with Crippen molar-refractivity contribution in [3.05, 3.63) is 6.61 Å². The zero-order valence-corrected chi connectivity index (χ0v) is 5.01. The van der Waals surface area contributed by atoms with E-state index in [1.54, 1.807) is 0 Å². The first-order valence-electron chi connectivity index (χ1n) is 3.12. The summed E-state index contributed by atoms with van der Waals surface area (Å²) in [5, 5.41) is 8.36. The van der Waals surface area contributed by atoms with E-state index < -0.39 is 0 Å². The van der Waals surface area contributed by atoms with E-state index >= 15 is 0 Å². The van der Waals surface area contributed by atoms with Crippen LogP contribution in [0.3, 0.4) is 0 Å². The number of likely N-dealkylation sites (tertiary alicyclic amines) is 1. The van der Waals surface area contributed by atoms with Gasteiger partial charge in [0.05, 0.1) is 6.61 Å². The van der Waals surface area contributed by atoms with Gasteiger partial charge in [0.15, 0.2) is 0 Å². The molecular formula is C6H12NO. The van der Waals surface area contributed by atoms with Crippen molar-refractivity contribution >= 4 is 0 Å². The van der Waals surface area contributed by atoms with Gasteiger partial charge in [-0.1, -0.05) is 0 Å². The standard InChI is InChI=1S/C6H12NO/c8-6-5-7-3-1-2-4-7/h6,8H,1-5H2. The molecule has 1 aliphatic heterocycles. The third kappa shape index (κ3) is 1.46. The summed E-state index contributed by atoms with van der Waals surface area (Å²) in [4.78, 5) is 2.24. The molecule has 1 saturated heterocycles. The Labute approximate surface area is 50.1 Å². The Morgan fingerprint density at radius 3 is 2.50 bits per heavy atom. The van der Waals surface area contributed by atoms with Crippen LogP contribution >= 0.6 is 0 Å². The Bertz CT molecular complexity index is 59.5. The summed E-state index contributed by atoms with van der Waals surface area (Å²) in [5.41, 5.74) is 0. The Kier molecular flexibility index (Phi) is 2.30. The molecule has 0 aromatic heterocycles. The van der Waals surface area contributed by atoms with Crippen LogP contribution in [-0.4, -0.2) is 29.6 Å². The fourth-order valence-corrected chi connectivity index (χ4v) is 1.08. The highest BCUT2D eigenvalue weighted by molar-refractivity contribution is 4.67. The highest BCUT2D eigenvalue weighted by atomic mass is 16.3. The van der Waals surface area contributed by atoms with Gasteiger partial charge in [0, 0.05) is 6.54 Å². The van der Waals surface area contributed by atoms with Crippen LogP contribution in [0.5, 0.6) is 0 Å². The van der Waals surface area contributed by atoms with Gasteiger partial charge in [0.25, 0.3) is 0 Å². The second-order valence-corrected chi connectivity index (χ2v) is 2.19. The second-order valence-electron chi connectivity index (χ2n) is 2.19. The van der Waals surface area contributed by atoms with E-state index in [0.29, 0.717) is 0 Å². The van der Waals surface area contributed by atoms with E-state index in [2.05, 4.69) is 4.90 Å². The molecule has 0 aliphatic carbocycles. The van der Waals surface area contributed by atoms with Crippen molar-refractivity contribution in [2.45, 2.75) is 12.8 Å². The van der Waals surface area contributed by atoms with Crippen molar-refractivity contribution < 1.29 is 5.11 Å². The minimum atomic E-state index is 0.750. The molecule has 0 atom stereocenters. The highest BCUT2D eigenvalue weighted by Crippen LogP contribution is 2.05. The minimum Gasteiger partial charge on any atom is -0.389 e. The van der Waals surface area contributed by atoms with E-state index in [-0.39, 0.29) is 0 Å². The first-order valence-corrected chi connectivity index (χ1v) is 3.12. The van der Waals surface area contributed by atoms with Gasteiger partial charge in [-0.2, -0.15) is 0 Å². The zero-order chi connectivity index (χ0) is 5.82. The van der Waals surface area contributed by atoms with Crippen LogP contribution in [0.25, 0.3) is 0 Å². The van der Waals surface area contributed by atoms with Crippen LogP contribution in [0, 0.1) is 6.61 Å². The molecule has 1 rings (SSSR count). The summed E-state index contributed by atoms with van der Waals surface area (Å²) in [6, 6.07) is 0. The molecule has 1 fully saturated rings. The summed E-state index contributed by atoms with van der Waals surface area (Å²) in [7, 11) is 0. The van der Waals surface area contributed by atoms with Crippen LogP contribution in [0.2, 0.25) is 0 Å². The summed E-state index contributed by atoms with van der Waals surface area (Å²) in [5.74, 6) is 0. The third-order valence-electron chi connectivity index (χ3n) is 1.54. The molecular weight excluding hydrogens is 102 g/mol. The number of rotatable bonds is 2. The maximum absolute atomic E-state index is 8.36. The fourth-order valence-electron chi connectivity index (χ4n) is 1.08. The highest BCUT2D eigenvalue weighted by Gasteiger charge is 2.09. The van der Waals surface area contributed by atoms with E-state index in [1.165, 1.54) is 19.4 Å². The molecule has 0 spiro atoms. The third-order valence-corrected chi connectivity index (χ3v) is 1.54. The molecule has 0 aromatic carbocycles. The van der Waals surface area contributed by atoms with Crippen molar-refractivity contribution in [3.8, 4) is 0 Å². The largest absolute Gasteiger partial charge is 0.389 e. The molecule has 2 heteroatoms. The van der Waals surface area contributed by atoms with Crippen LogP contribution in [0.4, 0.5) is 0 Å². The monoisotopic (exact) mass is 114 g/mol. The van der Waals surface area contributed by atoms with Crippen molar-refractivity contribution in [2.24, 2.45) is 0 Å². The lowest BCUT2D eigenvalue weighted by Gasteiger charge is -2.10. The quantitative estimate of drug-likeness (QED) is 0.568. The van der Waals surface area contributed by atoms with Gasteiger partial charge in [-0.25, -0.2) is 0 Å². The second kappa shape index (κ2) is 3.05. The molecule has 0 bridgehead atoms. The SMILES string of the molecule is O[CH]CN1CCCC1. The molecule has 1 aliphatic rings. The van der Waals surface area contributed by atoms with E-state index in [9.17, 15) is 0 Å². The van der Waals surface area contributed by atoms with Crippen LogP contribution in [0.15, 0.2) is 0 Å². The van der Waals surface area contributed by atoms with E-state index in [1.807, 2.05) is 0 Å². The molecule has 0 unspecified atom stereocenters. The lowest BCUT2D eigenvalue weighted by molar-refractivity contribution is 0.282. The number of nitrogens with zero attached hydrogens (tertiary/aromatic N) is 1. The van der Waals surface area contributed by atoms with E-state index in [0.717, 1.165) is 19.6 Å². The molecule has 1 heterocycles. The van der Waals surface area contributed by atoms with Crippen LogP contribution in [-0.2, 0) is 0 Å². The molecule has 0 aromatic rings. The lowest BCUT2D eigenvalue weighted by Crippen LogP contribution is -2.20. The molecule has 1 N–H and O–H groups in total. The summed E-state index contributed by atoms with van der Waals surface area (Å²) in [6.45, 7) is 4.31. The van der Waals surface area contributed by atoms with E-state index in [4.69, 9.17) is 5.11 Å². The molecule has 0 saturated carbocycles. The van der Waals surface area contributed by atoms with Gasteiger partial charge in [0.2, 0.25) is 0 Å². The Hall–Kier alpha value is -0.0800. The summed E-state index contributed by atoms with van der Waals surface area (Å²) >= 11 is 0. The smallest absolute Gasteiger partial charge is 0.0938 e. The van der Waals surface area contributed by atoms with Crippen LogP contribution in [0.1, 0.15) is 12.8 Å². The van der Waals surface area contributed by atoms with Crippen molar-refractivity contribution in [3.63, 3.8) is 0 Å². The van der Waals surface area contributed by atoms with Gasteiger partial charge in [-0.15, -0.1) is 0 Å². The van der Waals surface area contributed by atoms with Gasteiger partial charge in [-0.3, -0.25) is 0 Å². The predicted molar refractivity (Wildman–Crippen MR) is 31.9 cm³/mol. The van der Waals surface area contributed by atoms with Gasteiger partial charge in [0.1, 0.15) is 0 Å². The normalized spacial score (nSPS) is 22.1. The first kappa shape index (κ1) is 6.05. The Morgan fingerprint density at radius 2 is 2.00 bits per heavy atom. The van der Waals surface area contributed by atoms with Crippen molar-refractivity contribution in [1.82, 2.24) is 4.90 Å². The van der Waals surface area contributed by atoms with Crippen LogP contribution < -0.4 is 0 Å². The maximum atomic E-state index is 8.36. The average Bonchev–Trinajstić information content (AvgIpc) is 2.19. The minimum absolute atomic E-state index is 0.750. The fraction of sp³-hybridized carbons (Fsp3) is 0.833. The van der Waals surface area contributed by atoms with Gasteiger partial charge in [-0.05, 0) is 25.9 Å². The summed E-state index contributed by atoms with van der Waals surface area (Å²) < 4.78 is 0. The number of hydrogen-bond donors (Lipinski definition) is 1. The number of aliphatic hydroxyl groups is 1. The molecule has 47 valence electrons. The Morgan fingerprint density at radius 1 is 1.38 bits per heavy atom. The first-order chi connectivity index (χ1) is 3.93. The summed E-state index contributed by atoms with van der Waals surface area (Å²) in [6.07, 6.45) is 2.60. The molecule has 1 radical (unpaired) electrons. The lowest BCUT2D eigenvalue weighted by atomic mass is 10.4. The zero-order valence-electron chi connectivity index (χ0n) is 5.01. The topological polar surface area (TPSA) is 23.5 Å². The van der Waals surface area contributed by atoms with Crippen molar-refractivity contribution in [1.29, 1.82) is 0 Å². The van der Waals surface area contributed by atoms with Gasteiger partial charge >= 0.3 is 0 Å². The molecule has 8 heavy (non-hydrogen) atoms. The predicted octanol–water partition coefficient (Wildman–Crippen LogP) is 0.616. The number of hydrogen-bond acceptors (Lipinski definition) is 2.